The molecule has 4 rings (SSSR count). The summed E-state index contributed by atoms with van der Waals surface area (Å²) >= 11 is 0. The first-order chi connectivity index (χ1) is 15.6. The molecule has 1 atom stereocenters. The fourth-order valence-electron chi connectivity index (χ4n) is 4.44. The van der Waals surface area contributed by atoms with Crippen molar-refractivity contribution in [3.05, 3.63) is 59.7 Å². The first-order valence-corrected chi connectivity index (χ1v) is 11.3. The molecule has 2 aliphatic heterocycles. The van der Waals surface area contributed by atoms with E-state index < -0.39 is 0 Å². The van der Waals surface area contributed by atoms with Crippen molar-refractivity contribution in [2.75, 3.05) is 31.1 Å². The molecule has 2 saturated heterocycles. The van der Waals surface area contributed by atoms with Gasteiger partial charge in [0.05, 0.1) is 19.2 Å². The topological polar surface area (TPSA) is 79.0 Å². The number of likely N-dealkylation sites (tertiary alicyclic amines) is 1. The fourth-order valence-corrected chi connectivity index (χ4v) is 4.44. The molecule has 32 heavy (non-hydrogen) atoms. The molecule has 2 aliphatic rings. The van der Waals surface area contributed by atoms with E-state index in [2.05, 4.69) is 5.32 Å². The molecule has 0 spiro atoms. The van der Waals surface area contributed by atoms with Crippen LogP contribution < -0.4 is 15.0 Å². The summed E-state index contributed by atoms with van der Waals surface area (Å²) in [7, 11) is 0. The van der Waals surface area contributed by atoms with Crippen LogP contribution >= 0.6 is 0 Å². The number of nitrogens with one attached hydrogen (secondary N) is 1. The van der Waals surface area contributed by atoms with Crippen molar-refractivity contribution >= 4 is 23.4 Å². The van der Waals surface area contributed by atoms with Gasteiger partial charge < -0.3 is 19.9 Å². The lowest BCUT2D eigenvalue weighted by atomic mass is 10.0. The van der Waals surface area contributed by atoms with E-state index in [1.165, 1.54) is 0 Å². The maximum Gasteiger partial charge on any atom is 0.251 e. The van der Waals surface area contributed by atoms with Crippen molar-refractivity contribution in [2.24, 2.45) is 0 Å². The Hall–Kier alpha value is -3.35. The Bertz CT molecular complexity index is 972. The van der Waals surface area contributed by atoms with Crippen LogP contribution in [0.15, 0.2) is 48.5 Å². The zero-order valence-electron chi connectivity index (χ0n) is 18.4. The molecular weight excluding hydrogens is 406 g/mol. The molecule has 0 saturated carbocycles. The van der Waals surface area contributed by atoms with E-state index in [0.29, 0.717) is 31.7 Å². The highest BCUT2D eigenvalue weighted by Gasteiger charge is 2.30. The third-order valence-corrected chi connectivity index (χ3v) is 6.06. The first-order valence-electron chi connectivity index (χ1n) is 11.3. The second kappa shape index (κ2) is 9.85. The average Bonchev–Trinajstić information content (AvgIpc) is 3.47. The molecule has 168 valence electrons. The summed E-state index contributed by atoms with van der Waals surface area (Å²) in [6, 6.07) is 14.8. The van der Waals surface area contributed by atoms with Crippen LogP contribution in [0.25, 0.3) is 0 Å². The molecule has 0 bridgehead atoms. The van der Waals surface area contributed by atoms with Gasteiger partial charge in [-0.1, -0.05) is 12.1 Å². The van der Waals surface area contributed by atoms with Gasteiger partial charge in [-0.15, -0.1) is 0 Å². The maximum absolute atomic E-state index is 12.8. The number of carbonyl (C=O) groups is 3. The molecule has 1 N–H and O–H groups in total. The molecular formula is C25H29N3O4. The Labute approximate surface area is 188 Å². The third kappa shape index (κ3) is 4.77. The maximum atomic E-state index is 12.8. The van der Waals surface area contributed by atoms with E-state index in [0.717, 1.165) is 36.3 Å². The monoisotopic (exact) mass is 435 g/mol. The van der Waals surface area contributed by atoms with E-state index in [9.17, 15) is 14.4 Å². The minimum atomic E-state index is -0.297. The lowest BCUT2D eigenvalue weighted by Crippen LogP contribution is -2.39. The summed E-state index contributed by atoms with van der Waals surface area (Å²) in [4.78, 5) is 40.8. The van der Waals surface area contributed by atoms with Crippen LogP contribution in [0.5, 0.6) is 5.75 Å². The molecule has 2 fully saturated rings. The molecule has 0 unspecified atom stereocenters. The summed E-state index contributed by atoms with van der Waals surface area (Å²) in [5, 5.41) is 2.74. The van der Waals surface area contributed by atoms with Crippen LogP contribution in [0.2, 0.25) is 0 Å². The molecule has 3 amide bonds. The van der Waals surface area contributed by atoms with Crippen molar-refractivity contribution in [3.8, 4) is 5.75 Å². The van der Waals surface area contributed by atoms with Crippen LogP contribution in [0, 0.1) is 0 Å². The van der Waals surface area contributed by atoms with E-state index in [-0.39, 0.29) is 30.3 Å². The standard InChI is InChI=1S/C25H29N3O4/c1-2-32-21-13-9-18(10-14-21)22-5-3-16-28(22)24(30)17-26-25(31)19-7-11-20(12-8-19)27-15-4-6-23(27)29/h7-14,22H,2-6,15-17H2,1H3,(H,26,31)/t22-/m0/s1. The van der Waals surface area contributed by atoms with Gasteiger partial charge in [-0.05, 0) is 68.1 Å². The first kappa shape index (κ1) is 21.9. The minimum absolute atomic E-state index is 0.0207. The molecule has 2 aromatic rings. The summed E-state index contributed by atoms with van der Waals surface area (Å²) < 4.78 is 5.50. The van der Waals surface area contributed by atoms with Crippen molar-refractivity contribution in [1.29, 1.82) is 0 Å². The Morgan fingerprint density at radius 3 is 2.44 bits per heavy atom. The van der Waals surface area contributed by atoms with Crippen LogP contribution in [-0.4, -0.2) is 48.9 Å². The largest absolute Gasteiger partial charge is 0.494 e. The van der Waals surface area contributed by atoms with Gasteiger partial charge in [-0.25, -0.2) is 0 Å². The van der Waals surface area contributed by atoms with Crippen molar-refractivity contribution in [2.45, 2.75) is 38.6 Å². The van der Waals surface area contributed by atoms with E-state index >= 15 is 0 Å². The fraction of sp³-hybridized carbons (Fsp3) is 0.400. The molecule has 2 heterocycles. The predicted molar refractivity (Wildman–Crippen MR) is 122 cm³/mol. The zero-order chi connectivity index (χ0) is 22.5. The Balaban J connectivity index is 1.33. The molecule has 2 aromatic carbocycles. The lowest BCUT2D eigenvalue weighted by molar-refractivity contribution is -0.131. The Kier molecular flexibility index (Phi) is 6.73. The molecule has 0 aliphatic carbocycles. The van der Waals surface area contributed by atoms with Crippen LogP contribution in [0.1, 0.15) is 54.6 Å². The number of hydrogen-bond acceptors (Lipinski definition) is 4. The number of carbonyl (C=O) groups excluding carboxylic acids is 3. The number of nitrogens with zero attached hydrogens (tertiary/aromatic N) is 2. The Morgan fingerprint density at radius 2 is 1.78 bits per heavy atom. The van der Waals surface area contributed by atoms with E-state index in [1.807, 2.05) is 36.1 Å². The Morgan fingerprint density at radius 1 is 1.03 bits per heavy atom. The average molecular weight is 436 g/mol. The smallest absolute Gasteiger partial charge is 0.251 e. The van der Waals surface area contributed by atoms with Gasteiger partial charge in [0.2, 0.25) is 11.8 Å². The summed E-state index contributed by atoms with van der Waals surface area (Å²) in [5.41, 5.74) is 2.35. The zero-order valence-corrected chi connectivity index (χ0v) is 18.4. The normalized spacial score (nSPS) is 18.2. The van der Waals surface area contributed by atoms with Crippen molar-refractivity contribution in [1.82, 2.24) is 10.2 Å². The van der Waals surface area contributed by atoms with Crippen LogP contribution in [-0.2, 0) is 9.59 Å². The highest BCUT2D eigenvalue weighted by Crippen LogP contribution is 2.32. The number of rotatable bonds is 7. The van der Waals surface area contributed by atoms with Gasteiger partial charge in [-0.3, -0.25) is 14.4 Å². The van der Waals surface area contributed by atoms with Gasteiger partial charge in [0.1, 0.15) is 5.75 Å². The quantitative estimate of drug-likeness (QED) is 0.724. The highest BCUT2D eigenvalue weighted by atomic mass is 16.5. The predicted octanol–water partition coefficient (Wildman–Crippen LogP) is 3.31. The second-order valence-electron chi connectivity index (χ2n) is 8.13. The molecule has 7 nitrogen and oxygen atoms in total. The summed E-state index contributed by atoms with van der Waals surface area (Å²) in [6.07, 6.45) is 3.27. The van der Waals surface area contributed by atoms with E-state index in [4.69, 9.17) is 4.74 Å². The molecule has 7 heteroatoms. The molecule has 0 radical (unpaired) electrons. The van der Waals surface area contributed by atoms with Gasteiger partial charge in [0.15, 0.2) is 0 Å². The number of ether oxygens (including phenoxy) is 1. The highest BCUT2D eigenvalue weighted by molar-refractivity contribution is 5.98. The van der Waals surface area contributed by atoms with Crippen molar-refractivity contribution < 1.29 is 19.1 Å². The lowest BCUT2D eigenvalue weighted by Gasteiger charge is -2.25. The van der Waals surface area contributed by atoms with Gasteiger partial charge in [0, 0.05) is 30.8 Å². The van der Waals surface area contributed by atoms with Crippen LogP contribution in [0.4, 0.5) is 5.69 Å². The number of amides is 3. The number of benzene rings is 2. The van der Waals surface area contributed by atoms with E-state index in [1.54, 1.807) is 29.2 Å². The third-order valence-electron chi connectivity index (χ3n) is 6.06. The number of anilines is 1. The number of hydrogen-bond donors (Lipinski definition) is 1. The minimum Gasteiger partial charge on any atom is -0.494 e. The second-order valence-corrected chi connectivity index (χ2v) is 8.13. The summed E-state index contributed by atoms with van der Waals surface area (Å²) in [6.45, 7) is 3.92. The molecule has 0 aromatic heterocycles. The van der Waals surface area contributed by atoms with Gasteiger partial charge in [-0.2, -0.15) is 0 Å². The summed E-state index contributed by atoms with van der Waals surface area (Å²) in [5.74, 6) is 0.545. The SMILES string of the molecule is CCOc1ccc([C@@H]2CCCN2C(=O)CNC(=O)c2ccc(N3CCCC3=O)cc2)cc1. The van der Waals surface area contributed by atoms with Crippen molar-refractivity contribution in [3.63, 3.8) is 0 Å². The van der Waals surface area contributed by atoms with Crippen LogP contribution in [0.3, 0.4) is 0 Å². The van der Waals surface area contributed by atoms with Gasteiger partial charge >= 0.3 is 0 Å². The van der Waals surface area contributed by atoms with Gasteiger partial charge in [0.25, 0.3) is 5.91 Å².